The molecule has 4 heteroatoms. The Labute approximate surface area is 115 Å². The maximum atomic E-state index is 13.9. The van der Waals surface area contributed by atoms with Crippen molar-refractivity contribution >= 4 is 0 Å². The largest absolute Gasteiger partial charge is 0.493 e. The molecule has 104 valence electrons. The molecule has 1 atom stereocenters. The second kappa shape index (κ2) is 4.56. The highest BCUT2D eigenvalue weighted by Crippen LogP contribution is 2.35. The fourth-order valence-electron chi connectivity index (χ4n) is 2.52. The lowest BCUT2D eigenvalue weighted by molar-refractivity contribution is 0.0969. The predicted molar refractivity (Wildman–Crippen MR) is 70.7 cm³/mol. The highest BCUT2D eigenvalue weighted by molar-refractivity contribution is 5.45. The van der Waals surface area contributed by atoms with E-state index in [1.807, 2.05) is 0 Å². The summed E-state index contributed by atoms with van der Waals surface area (Å²) in [6.07, 6.45) is 0.755. The zero-order valence-corrected chi connectivity index (χ0v) is 11.0. The van der Waals surface area contributed by atoms with Crippen LogP contribution >= 0.6 is 0 Å². The normalized spacial score (nSPS) is 16.4. The average molecular weight is 276 g/mol. The molecule has 1 unspecified atom stereocenters. The van der Waals surface area contributed by atoms with Crippen molar-refractivity contribution in [1.82, 2.24) is 0 Å². The van der Waals surface area contributed by atoms with E-state index in [2.05, 4.69) is 0 Å². The first-order valence-corrected chi connectivity index (χ1v) is 6.43. The van der Waals surface area contributed by atoms with E-state index in [9.17, 15) is 13.9 Å². The van der Waals surface area contributed by atoms with E-state index in [4.69, 9.17) is 4.74 Å². The molecule has 0 radical (unpaired) electrons. The van der Waals surface area contributed by atoms with Crippen LogP contribution < -0.4 is 4.74 Å². The molecule has 3 rings (SSSR count). The van der Waals surface area contributed by atoms with Gasteiger partial charge in [-0.15, -0.1) is 0 Å². The Bertz CT molecular complexity index is 666. The Balaban J connectivity index is 2.09. The fraction of sp³-hybridized carbons (Fsp3) is 0.250. The van der Waals surface area contributed by atoms with Crippen molar-refractivity contribution in [2.75, 3.05) is 6.61 Å². The summed E-state index contributed by atoms with van der Waals surface area (Å²) >= 11 is 0. The van der Waals surface area contributed by atoms with Gasteiger partial charge in [0.1, 0.15) is 11.4 Å². The molecule has 0 aliphatic carbocycles. The third-order valence-corrected chi connectivity index (χ3v) is 3.73. The van der Waals surface area contributed by atoms with Crippen LogP contribution in [-0.4, -0.2) is 11.7 Å². The van der Waals surface area contributed by atoms with E-state index < -0.39 is 17.2 Å². The molecule has 0 fully saturated rings. The molecule has 0 aromatic heterocycles. The molecule has 0 bridgehead atoms. The summed E-state index contributed by atoms with van der Waals surface area (Å²) in [6.45, 7) is 2.07. The fourth-order valence-corrected chi connectivity index (χ4v) is 2.52. The second-order valence-corrected chi connectivity index (χ2v) is 5.09. The topological polar surface area (TPSA) is 29.5 Å². The first-order valence-electron chi connectivity index (χ1n) is 6.43. The zero-order chi connectivity index (χ0) is 14.3. The van der Waals surface area contributed by atoms with Crippen LogP contribution in [-0.2, 0) is 12.0 Å². The van der Waals surface area contributed by atoms with E-state index in [0.29, 0.717) is 12.2 Å². The number of hydrogen-bond acceptors (Lipinski definition) is 2. The molecule has 1 aliphatic heterocycles. The van der Waals surface area contributed by atoms with Crippen molar-refractivity contribution in [1.29, 1.82) is 0 Å². The van der Waals surface area contributed by atoms with Crippen molar-refractivity contribution < 1.29 is 18.6 Å². The highest BCUT2D eigenvalue weighted by atomic mass is 19.2. The summed E-state index contributed by atoms with van der Waals surface area (Å²) in [4.78, 5) is 0. The van der Waals surface area contributed by atoms with Crippen LogP contribution in [0.3, 0.4) is 0 Å². The Morgan fingerprint density at radius 2 is 2.00 bits per heavy atom. The molecular formula is C16H14F2O2. The summed E-state index contributed by atoms with van der Waals surface area (Å²) in [6, 6.07) is 9.02. The van der Waals surface area contributed by atoms with Crippen molar-refractivity contribution in [3.63, 3.8) is 0 Å². The molecule has 1 N–H and O–H groups in total. The molecular weight excluding hydrogens is 262 g/mol. The van der Waals surface area contributed by atoms with Gasteiger partial charge in [-0.3, -0.25) is 0 Å². The molecule has 2 aromatic rings. The predicted octanol–water partition coefficient (Wildman–Crippen LogP) is 3.16. The molecule has 0 saturated heterocycles. The zero-order valence-electron chi connectivity index (χ0n) is 11.0. The van der Waals surface area contributed by atoms with Crippen molar-refractivity contribution in [2.24, 2.45) is 0 Å². The van der Waals surface area contributed by atoms with Crippen molar-refractivity contribution in [3.05, 3.63) is 64.7 Å². The number of ether oxygens (including phenoxy) is 1. The SMILES string of the molecule is CC(O)(c1ccc2c(c1)CCO2)c1cccc(F)c1F. The van der Waals surface area contributed by atoms with Gasteiger partial charge in [0.2, 0.25) is 0 Å². The molecule has 0 spiro atoms. The van der Waals surface area contributed by atoms with Crippen LogP contribution in [0.1, 0.15) is 23.6 Å². The minimum Gasteiger partial charge on any atom is -0.493 e. The van der Waals surface area contributed by atoms with Crippen LogP contribution in [0.25, 0.3) is 0 Å². The summed E-state index contributed by atoms with van der Waals surface area (Å²) < 4.78 is 32.6. The maximum absolute atomic E-state index is 13.9. The summed E-state index contributed by atoms with van der Waals surface area (Å²) in [5, 5.41) is 10.6. The van der Waals surface area contributed by atoms with Crippen LogP contribution in [0.5, 0.6) is 5.75 Å². The van der Waals surface area contributed by atoms with Gasteiger partial charge in [-0.25, -0.2) is 8.78 Å². The number of fused-ring (bicyclic) bond motifs is 1. The molecule has 1 aliphatic rings. The average Bonchev–Trinajstić information content (AvgIpc) is 2.89. The second-order valence-electron chi connectivity index (χ2n) is 5.09. The Kier molecular flexibility index (Phi) is 2.98. The van der Waals surface area contributed by atoms with Crippen molar-refractivity contribution in [3.8, 4) is 5.75 Å². The molecule has 0 amide bonds. The van der Waals surface area contributed by atoms with Crippen molar-refractivity contribution in [2.45, 2.75) is 18.9 Å². The van der Waals surface area contributed by atoms with Gasteiger partial charge in [0.05, 0.1) is 6.61 Å². The summed E-state index contributed by atoms with van der Waals surface area (Å²) in [5.41, 5.74) is -0.175. The standard InChI is InChI=1S/C16H14F2O2/c1-16(19,12-3-2-4-13(17)15(12)18)11-5-6-14-10(9-11)7-8-20-14/h2-6,9,19H,7-8H2,1H3. The molecule has 2 nitrogen and oxygen atoms in total. The quantitative estimate of drug-likeness (QED) is 0.913. The van der Waals surface area contributed by atoms with Gasteiger partial charge >= 0.3 is 0 Å². The van der Waals surface area contributed by atoms with Crippen LogP contribution in [0.2, 0.25) is 0 Å². The smallest absolute Gasteiger partial charge is 0.165 e. The monoisotopic (exact) mass is 276 g/mol. The molecule has 2 aromatic carbocycles. The number of hydrogen-bond donors (Lipinski definition) is 1. The third kappa shape index (κ3) is 1.96. The lowest BCUT2D eigenvalue weighted by Crippen LogP contribution is -2.25. The Hall–Kier alpha value is -1.94. The Morgan fingerprint density at radius 1 is 1.20 bits per heavy atom. The van der Waals surface area contributed by atoms with E-state index in [1.165, 1.54) is 19.1 Å². The Morgan fingerprint density at radius 3 is 2.80 bits per heavy atom. The van der Waals surface area contributed by atoms with Gasteiger partial charge in [-0.05, 0) is 36.2 Å². The minimum atomic E-state index is -1.59. The highest BCUT2D eigenvalue weighted by Gasteiger charge is 2.31. The first-order chi connectivity index (χ1) is 9.50. The van der Waals surface area contributed by atoms with E-state index in [0.717, 1.165) is 23.8 Å². The van der Waals surface area contributed by atoms with Gasteiger partial charge < -0.3 is 9.84 Å². The minimum absolute atomic E-state index is 0.0728. The number of benzene rings is 2. The number of halogens is 2. The molecule has 1 heterocycles. The summed E-state index contributed by atoms with van der Waals surface area (Å²) in [7, 11) is 0. The van der Waals surface area contributed by atoms with Crippen LogP contribution in [0.4, 0.5) is 8.78 Å². The van der Waals surface area contributed by atoms with Gasteiger partial charge in [0.25, 0.3) is 0 Å². The van der Waals surface area contributed by atoms with Gasteiger partial charge in [-0.2, -0.15) is 0 Å². The van der Waals surface area contributed by atoms with Gasteiger partial charge in [-0.1, -0.05) is 18.2 Å². The van der Waals surface area contributed by atoms with Crippen LogP contribution in [0.15, 0.2) is 36.4 Å². The maximum Gasteiger partial charge on any atom is 0.165 e. The molecule has 20 heavy (non-hydrogen) atoms. The number of aliphatic hydroxyl groups is 1. The van der Waals surface area contributed by atoms with E-state index >= 15 is 0 Å². The van der Waals surface area contributed by atoms with E-state index in [-0.39, 0.29) is 5.56 Å². The lowest BCUT2D eigenvalue weighted by atomic mass is 9.86. The third-order valence-electron chi connectivity index (χ3n) is 3.73. The van der Waals surface area contributed by atoms with E-state index in [1.54, 1.807) is 18.2 Å². The molecule has 0 saturated carbocycles. The first kappa shape index (κ1) is 13.1. The van der Waals surface area contributed by atoms with Gasteiger partial charge in [0, 0.05) is 12.0 Å². The van der Waals surface area contributed by atoms with Gasteiger partial charge in [0.15, 0.2) is 11.6 Å². The number of rotatable bonds is 2. The summed E-state index contributed by atoms with van der Waals surface area (Å²) in [5.74, 6) is -1.20. The van der Waals surface area contributed by atoms with Crippen LogP contribution in [0, 0.1) is 11.6 Å². The lowest BCUT2D eigenvalue weighted by Gasteiger charge is -2.25.